The maximum atomic E-state index is 11.8. The standard InChI is InChI=1S/C22H21N3O2/c1-4-18-14(3)17(7-8-24-18)15-5-6-19-16(9-15)10-20(21(26)27)25(19)22(12-23)11-13(22)2/h5-10,13H,4,11H2,1-3H3,(H,26,27)/t13-,22+/m0/s1. The Morgan fingerprint density at radius 1 is 1.41 bits per heavy atom. The lowest BCUT2D eigenvalue weighted by Crippen LogP contribution is -2.21. The summed E-state index contributed by atoms with van der Waals surface area (Å²) in [6, 6.07) is 12.0. The average Bonchev–Trinajstić information content (AvgIpc) is 3.16. The Kier molecular flexibility index (Phi) is 3.81. The lowest BCUT2D eigenvalue weighted by atomic mass is 9.98. The molecule has 0 unspecified atom stereocenters. The van der Waals surface area contributed by atoms with Crippen molar-refractivity contribution in [3.63, 3.8) is 0 Å². The average molecular weight is 359 g/mol. The quantitative estimate of drug-likeness (QED) is 0.742. The third-order valence-corrected chi connectivity index (χ3v) is 5.84. The number of hydrogen-bond acceptors (Lipinski definition) is 3. The molecule has 1 N–H and O–H groups in total. The zero-order valence-electron chi connectivity index (χ0n) is 15.7. The number of fused-ring (bicyclic) bond motifs is 1. The first-order valence-electron chi connectivity index (χ1n) is 9.18. The van der Waals surface area contributed by atoms with Crippen molar-refractivity contribution in [3.8, 4) is 17.2 Å². The third-order valence-electron chi connectivity index (χ3n) is 5.84. The van der Waals surface area contributed by atoms with Gasteiger partial charge in [0.15, 0.2) is 0 Å². The molecule has 5 heteroatoms. The van der Waals surface area contributed by atoms with E-state index in [1.165, 1.54) is 0 Å². The first kappa shape index (κ1) is 17.3. The number of aryl methyl sites for hydroxylation is 1. The molecule has 5 nitrogen and oxygen atoms in total. The van der Waals surface area contributed by atoms with Gasteiger partial charge in [0.2, 0.25) is 0 Å². The van der Waals surface area contributed by atoms with Gasteiger partial charge in [0.05, 0.1) is 11.6 Å². The fourth-order valence-corrected chi connectivity index (χ4v) is 4.14. The van der Waals surface area contributed by atoms with E-state index in [0.29, 0.717) is 6.42 Å². The topological polar surface area (TPSA) is 78.9 Å². The van der Waals surface area contributed by atoms with Gasteiger partial charge in [0.25, 0.3) is 0 Å². The van der Waals surface area contributed by atoms with Crippen molar-refractivity contribution in [1.82, 2.24) is 9.55 Å². The van der Waals surface area contributed by atoms with Gasteiger partial charge in [-0.1, -0.05) is 19.9 Å². The number of carboxylic acid groups (broad SMARTS) is 1. The van der Waals surface area contributed by atoms with Crippen molar-refractivity contribution in [1.29, 1.82) is 5.26 Å². The maximum Gasteiger partial charge on any atom is 0.352 e. The van der Waals surface area contributed by atoms with Gasteiger partial charge in [-0.05, 0) is 66.6 Å². The van der Waals surface area contributed by atoms with Gasteiger partial charge in [-0.3, -0.25) is 4.98 Å². The fourth-order valence-electron chi connectivity index (χ4n) is 4.14. The van der Waals surface area contributed by atoms with Gasteiger partial charge in [0.1, 0.15) is 11.2 Å². The molecule has 2 atom stereocenters. The van der Waals surface area contributed by atoms with Crippen LogP contribution >= 0.6 is 0 Å². The van der Waals surface area contributed by atoms with Gasteiger partial charge in [-0.25, -0.2) is 4.79 Å². The van der Waals surface area contributed by atoms with Crippen molar-refractivity contribution in [2.45, 2.75) is 39.2 Å². The number of carbonyl (C=O) groups is 1. The molecule has 4 rings (SSSR count). The normalized spacial score (nSPS) is 21.2. The molecule has 1 saturated carbocycles. The van der Waals surface area contributed by atoms with Crippen molar-refractivity contribution in [2.24, 2.45) is 5.92 Å². The second-order valence-corrected chi connectivity index (χ2v) is 7.37. The molecule has 1 aliphatic carbocycles. The molecule has 0 aliphatic heterocycles. The number of aromatic nitrogens is 2. The van der Waals surface area contributed by atoms with Gasteiger partial charge in [-0.2, -0.15) is 5.26 Å². The van der Waals surface area contributed by atoms with E-state index in [1.807, 2.05) is 37.4 Å². The minimum absolute atomic E-state index is 0.144. The number of rotatable bonds is 4. The Morgan fingerprint density at radius 2 is 2.15 bits per heavy atom. The number of nitriles is 1. The number of hydrogen-bond donors (Lipinski definition) is 1. The summed E-state index contributed by atoms with van der Waals surface area (Å²) in [5.41, 5.74) is 4.55. The molecular weight excluding hydrogens is 338 g/mol. The number of benzene rings is 1. The van der Waals surface area contributed by atoms with E-state index in [2.05, 4.69) is 24.9 Å². The first-order valence-corrected chi connectivity index (χ1v) is 9.18. The van der Waals surface area contributed by atoms with Crippen molar-refractivity contribution in [3.05, 3.63) is 53.5 Å². The van der Waals surface area contributed by atoms with Crippen LogP contribution < -0.4 is 0 Å². The zero-order valence-corrected chi connectivity index (χ0v) is 15.7. The summed E-state index contributed by atoms with van der Waals surface area (Å²) in [4.78, 5) is 16.3. The minimum Gasteiger partial charge on any atom is -0.477 e. The van der Waals surface area contributed by atoms with Crippen LogP contribution in [0.2, 0.25) is 0 Å². The molecule has 0 radical (unpaired) electrons. The lowest BCUT2D eigenvalue weighted by molar-refractivity contribution is 0.0683. The summed E-state index contributed by atoms with van der Waals surface area (Å²) in [5.74, 6) is -0.861. The Hall–Kier alpha value is -3.13. The van der Waals surface area contributed by atoms with E-state index >= 15 is 0 Å². The Morgan fingerprint density at radius 3 is 2.74 bits per heavy atom. The molecule has 1 fully saturated rings. The Bertz CT molecular complexity index is 1120. The summed E-state index contributed by atoms with van der Waals surface area (Å²) < 4.78 is 1.72. The number of carboxylic acids is 1. The molecule has 0 amide bonds. The number of pyridine rings is 1. The maximum absolute atomic E-state index is 11.8. The van der Waals surface area contributed by atoms with Crippen LogP contribution in [0.15, 0.2) is 36.5 Å². The van der Waals surface area contributed by atoms with Gasteiger partial charge < -0.3 is 9.67 Å². The van der Waals surface area contributed by atoms with Crippen molar-refractivity contribution in [2.75, 3.05) is 0 Å². The highest BCUT2D eigenvalue weighted by molar-refractivity contribution is 5.97. The van der Waals surface area contributed by atoms with Crippen LogP contribution in [-0.2, 0) is 12.0 Å². The van der Waals surface area contributed by atoms with Crippen LogP contribution in [-0.4, -0.2) is 20.6 Å². The van der Waals surface area contributed by atoms with Crippen molar-refractivity contribution < 1.29 is 9.90 Å². The lowest BCUT2D eigenvalue weighted by Gasteiger charge is -2.15. The number of nitrogens with zero attached hydrogens (tertiary/aromatic N) is 3. The summed E-state index contributed by atoms with van der Waals surface area (Å²) in [5, 5.41) is 20.3. The largest absolute Gasteiger partial charge is 0.477 e. The fraction of sp³-hybridized carbons (Fsp3) is 0.318. The first-order chi connectivity index (χ1) is 12.9. The molecule has 2 aromatic heterocycles. The van der Waals surface area contributed by atoms with E-state index in [9.17, 15) is 15.2 Å². The summed E-state index contributed by atoms with van der Waals surface area (Å²) in [6.45, 7) is 6.14. The predicted molar refractivity (Wildman–Crippen MR) is 104 cm³/mol. The van der Waals surface area contributed by atoms with Crippen LogP contribution in [0.25, 0.3) is 22.0 Å². The van der Waals surface area contributed by atoms with E-state index in [1.54, 1.807) is 10.6 Å². The minimum atomic E-state index is -1.00. The van der Waals surface area contributed by atoms with Crippen LogP contribution in [0, 0.1) is 24.2 Å². The highest BCUT2D eigenvalue weighted by atomic mass is 16.4. The third kappa shape index (κ3) is 2.44. The molecular formula is C22H21N3O2. The van der Waals surface area contributed by atoms with Crippen LogP contribution in [0.5, 0.6) is 0 Å². The zero-order chi connectivity index (χ0) is 19.3. The molecule has 0 saturated heterocycles. The van der Waals surface area contributed by atoms with Gasteiger partial charge >= 0.3 is 5.97 Å². The Labute approximate surface area is 157 Å². The predicted octanol–water partition coefficient (Wildman–Crippen LogP) is 4.53. The molecule has 2 heterocycles. The van der Waals surface area contributed by atoms with Crippen LogP contribution in [0.4, 0.5) is 0 Å². The highest BCUT2D eigenvalue weighted by Gasteiger charge is 2.55. The van der Waals surface area contributed by atoms with E-state index < -0.39 is 11.5 Å². The molecule has 27 heavy (non-hydrogen) atoms. The highest BCUT2D eigenvalue weighted by Crippen LogP contribution is 2.52. The van der Waals surface area contributed by atoms with Crippen LogP contribution in [0.1, 0.15) is 42.0 Å². The molecule has 1 aliphatic rings. The van der Waals surface area contributed by atoms with Crippen molar-refractivity contribution >= 4 is 16.9 Å². The monoisotopic (exact) mass is 359 g/mol. The molecule has 136 valence electrons. The number of aromatic carboxylic acids is 1. The van der Waals surface area contributed by atoms with Gasteiger partial charge in [-0.15, -0.1) is 0 Å². The summed E-state index contributed by atoms with van der Waals surface area (Å²) in [7, 11) is 0. The summed E-state index contributed by atoms with van der Waals surface area (Å²) >= 11 is 0. The van der Waals surface area contributed by atoms with E-state index in [-0.39, 0.29) is 11.6 Å². The molecule has 3 aromatic rings. The van der Waals surface area contributed by atoms with Gasteiger partial charge in [0, 0.05) is 17.3 Å². The smallest absolute Gasteiger partial charge is 0.352 e. The van der Waals surface area contributed by atoms with E-state index in [0.717, 1.165) is 39.7 Å². The molecule has 1 aromatic carbocycles. The SMILES string of the molecule is CCc1nccc(-c2ccc3c(c2)cc(C(=O)O)n3[C@@]2(C#N)C[C@@H]2C)c1C. The summed E-state index contributed by atoms with van der Waals surface area (Å²) in [6.07, 6.45) is 3.36. The molecule has 0 bridgehead atoms. The second-order valence-electron chi connectivity index (χ2n) is 7.37. The van der Waals surface area contributed by atoms with Crippen LogP contribution in [0.3, 0.4) is 0 Å². The molecule has 0 spiro atoms. The Balaban J connectivity index is 1.93. The second kappa shape index (κ2) is 5.95. The van der Waals surface area contributed by atoms with E-state index in [4.69, 9.17) is 0 Å².